The number of methoxy groups -OCH3 is 1. The Morgan fingerprint density at radius 3 is 2.12 bits per heavy atom. The Hall–Kier alpha value is -1.38. The summed E-state index contributed by atoms with van der Waals surface area (Å²) in [6.07, 6.45) is 12.8. The monoisotopic (exact) mass is 348 g/mol. The van der Waals surface area contributed by atoms with E-state index < -0.39 is 11.6 Å². The van der Waals surface area contributed by atoms with Gasteiger partial charge in [0.1, 0.15) is 0 Å². The Kier molecular flexibility index (Phi) is 6.14. The molecule has 1 nitrogen and oxygen atoms in total. The fraction of sp³-hybridized carbons (Fsp3) is 0.636. The quantitative estimate of drug-likeness (QED) is 0.543. The van der Waals surface area contributed by atoms with Crippen LogP contribution in [0.4, 0.5) is 8.78 Å². The molecule has 2 aliphatic rings. The molecule has 1 aromatic carbocycles. The molecule has 0 radical (unpaired) electrons. The largest absolute Gasteiger partial charge is 0.494 e. The highest BCUT2D eigenvalue weighted by Gasteiger charge is 2.32. The molecule has 0 bridgehead atoms. The molecule has 0 N–H and O–H groups in total. The van der Waals surface area contributed by atoms with Crippen molar-refractivity contribution < 1.29 is 13.5 Å². The highest BCUT2D eigenvalue weighted by atomic mass is 19.2. The summed E-state index contributed by atoms with van der Waals surface area (Å²) in [4.78, 5) is 0. The van der Waals surface area contributed by atoms with Crippen LogP contribution in [0.15, 0.2) is 24.8 Å². The molecule has 1 aromatic rings. The first kappa shape index (κ1) is 18.4. The van der Waals surface area contributed by atoms with Crippen LogP contribution in [0.3, 0.4) is 0 Å². The van der Waals surface area contributed by atoms with Gasteiger partial charge in [-0.25, -0.2) is 4.39 Å². The predicted molar refractivity (Wildman–Crippen MR) is 97.9 cm³/mol. The van der Waals surface area contributed by atoms with Gasteiger partial charge in [0, 0.05) is 0 Å². The lowest BCUT2D eigenvalue weighted by Crippen LogP contribution is -2.25. The van der Waals surface area contributed by atoms with Gasteiger partial charge in [0.25, 0.3) is 0 Å². The second-order valence-corrected chi connectivity index (χ2v) is 7.90. The van der Waals surface area contributed by atoms with Gasteiger partial charge >= 0.3 is 0 Å². The molecule has 0 amide bonds. The van der Waals surface area contributed by atoms with E-state index in [2.05, 4.69) is 12.7 Å². The first-order valence-corrected chi connectivity index (χ1v) is 9.76. The van der Waals surface area contributed by atoms with E-state index in [0.29, 0.717) is 5.56 Å². The van der Waals surface area contributed by atoms with Crippen LogP contribution in [0.1, 0.15) is 69.3 Å². The van der Waals surface area contributed by atoms with Crippen molar-refractivity contribution in [2.24, 2.45) is 17.8 Å². The molecule has 2 aliphatic carbocycles. The average Bonchev–Trinajstić information content (AvgIpc) is 2.65. The molecule has 3 heteroatoms. The van der Waals surface area contributed by atoms with Crippen molar-refractivity contribution in [3.8, 4) is 5.75 Å². The third-order valence-corrected chi connectivity index (χ3v) is 6.57. The number of allylic oxidation sites excluding steroid dienone is 1. The van der Waals surface area contributed by atoms with Gasteiger partial charge in [0.05, 0.1) is 7.11 Å². The van der Waals surface area contributed by atoms with Crippen molar-refractivity contribution >= 4 is 0 Å². The first-order chi connectivity index (χ1) is 12.1. The Morgan fingerprint density at radius 2 is 1.56 bits per heavy atom. The predicted octanol–water partition coefficient (Wildman–Crippen LogP) is 6.63. The maximum Gasteiger partial charge on any atom is 0.200 e. The summed E-state index contributed by atoms with van der Waals surface area (Å²) in [7, 11) is 1.37. The minimum Gasteiger partial charge on any atom is -0.494 e. The molecule has 0 saturated heterocycles. The Balaban J connectivity index is 1.56. The van der Waals surface area contributed by atoms with Gasteiger partial charge in [-0.15, -0.1) is 6.58 Å². The van der Waals surface area contributed by atoms with Crippen LogP contribution in [0, 0.1) is 29.4 Å². The van der Waals surface area contributed by atoms with E-state index in [-0.39, 0.29) is 11.7 Å². The number of ether oxygens (including phenoxy) is 1. The van der Waals surface area contributed by atoms with Crippen LogP contribution < -0.4 is 4.74 Å². The van der Waals surface area contributed by atoms with Gasteiger partial charge in [0.2, 0.25) is 5.82 Å². The lowest BCUT2D eigenvalue weighted by molar-refractivity contribution is 0.160. The summed E-state index contributed by atoms with van der Waals surface area (Å²) in [5.74, 6) is 1.02. The summed E-state index contributed by atoms with van der Waals surface area (Å²) >= 11 is 0. The lowest BCUT2D eigenvalue weighted by atomic mass is 9.68. The van der Waals surface area contributed by atoms with Gasteiger partial charge in [-0.3, -0.25) is 0 Å². The van der Waals surface area contributed by atoms with E-state index in [1.54, 1.807) is 12.1 Å². The molecule has 0 unspecified atom stereocenters. The molecule has 2 saturated carbocycles. The number of benzene rings is 1. The van der Waals surface area contributed by atoms with Gasteiger partial charge < -0.3 is 4.74 Å². The van der Waals surface area contributed by atoms with Crippen LogP contribution in [0.5, 0.6) is 5.75 Å². The summed E-state index contributed by atoms with van der Waals surface area (Å²) in [6, 6.07) is 3.27. The molecule has 138 valence electrons. The highest BCUT2D eigenvalue weighted by Crippen LogP contribution is 2.45. The minimum atomic E-state index is -0.845. The van der Waals surface area contributed by atoms with E-state index in [4.69, 9.17) is 4.74 Å². The fourth-order valence-electron chi connectivity index (χ4n) is 5.05. The fourth-order valence-corrected chi connectivity index (χ4v) is 5.05. The minimum absolute atomic E-state index is 0.00813. The first-order valence-electron chi connectivity index (χ1n) is 9.76. The zero-order chi connectivity index (χ0) is 17.8. The van der Waals surface area contributed by atoms with E-state index in [1.807, 2.05) is 0 Å². The summed E-state index contributed by atoms with van der Waals surface area (Å²) in [6.45, 7) is 3.86. The third-order valence-electron chi connectivity index (χ3n) is 6.57. The summed E-state index contributed by atoms with van der Waals surface area (Å²) < 4.78 is 33.2. The summed E-state index contributed by atoms with van der Waals surface area (Å²) in [5.41, 5.74) is 0.534. The second kappa shape index (κ2) is 8.33. The van der Waals surface area contributed by atoms with E-state index in [1.165, 1.54) is 32.8 Å². The van der Waals surface area contributed by atoms with Crippen molar-refractivity contribution in [3.05, 3.63) is 42.0 Å². The molecule has 3 rings (SSSR count). The molecule has 2 fully saturated rings. The smallest absolute Gasteiger partial charge is 0.200 e. The maximum atomic E-state index is 14.3. The van der Waals surface area contributed by atoms with Gasteiger partial charge in [-0.2, -0.15) is 4.39 Å². The Morgan fingerprint density at radius 1 is 0.960 bits per heavy atom. The van der Waals surface area contributed by atoms with E-state index >= 15 is 0 Å². The van der Waals surface area contributed by atoms with Gasteiger partial charge in [0.15, 0.2) is 11.6 Å². The maximum absolute atomic E-state index is 14.3. The number of hydrogen-bond donors (Lipinski definition) is 0. The van der Waals surface area contributed by atoms with Crippen molar-refractivity contribution in [1.29, 1.82) is 0 Å². The Bertz CT molecular complexity index is 582. The topological polar surface area (TPSA) is 9.23 Å². The van der Waals surface area contributed by atoms with Crippen LogP contribution in [0.25, 0.3) is 0 Å². The normalized spacial score (nSPS) is 30.0. The molecule has 25 heavy (non-hydrogen) atoms. The number of rotatable bonds is 5. The lowest BCUT2D eigenvalue weighted by Gasteiger charge is -2.38. The summed E-state index contributed by atoms with van der Waals surface area (Å²) in [5, 5.41) is 0. The number of halogens is 2. The second-order valence-electron chi connectivity index (χ2n) is 7.90. The zero-order valence-corrected chi connectivity index (χ0v) is 15.3. The SMILES string of the molecule is C=CCC1CCC(C2CCC(c3ccc(OC)c(F)c3F)CC2)CC1. The van der Waals surface area contributed by atoms with Crippen LogP contribution in [-0.2, 0) is 0 Å². The van der Waals surface area contributed by atoms with Crippen LogP contribution >= 0.6 is 0 Å². The molecular formula is C22H30F2O. The highest BCUT2D eigenvalue weighted by molar-refractivity contribution is 5.33. The van der Waals surface area contributed by atoms with Gasteiger partial charge in [-0.05, 0) is 93.1 Å². The zero-order valence-electron chi connectivity index (χ0n) is 15.3. The standard InChI is InChI=1S/C22H30F2O/c1-3-4-15-5-7-16(8-6-15)17-9-11-18(12-10-17)19-13-14-20(25-2)22(24)21(19)23/h3,13-18H,1,4-12H2,2H3. The molecule has 0 spiro atoms. The molecule has 0 aliphatic heterocycles. The van der Waals surface area contributed by atoms with Crippen molar-refractivity contribution in [3.63, 3.8) is 0 Å². The molecular weight excluding hydrogens is 318 g/mol. The van der Waals surface area contributed by atoms with Crippen molar-refractivity contribution in [2.75, 3.05) is 7.11 Å². The van der Waals surface area contributed by atoms with E-state index in [0.717, 1.165) is 49.9 Å². The number of hydrogen-bond acceptors (Lipinski definition) is 1. The average molecular weight is 348 g/mol. The van der Waals surface area contributed by atoms with E-state index in [9.17, 15) is 8.78 Å². The van der Waals surface area contributed by atoms with Crippen molar-refractivity contribution in [2.45, 2.75) is 63.7 Å². The van der Waals surface area contributed by atoms with Gasteiger partial charge in [-0.1, -0.05) is 12.1 Å². The van der Waals surface area contributed by atoms with Crippen LogP contribution in [0.2, 0.25) is 0 Å². The van der Waals surface area contributed by atoms with Crippen LogP contribution in [-0.4, -0.2) is 7.11 Å². The Labute approximate surface area is 150 Å². The molecule has 0 heterocycles. The third kappa shape index (κ3) is 4.07. The molecule has 0 aromatic heterocycles. The molecule has 0 atom stereocenters. The van der Waals surface area contributed by atoms with Crippen molar-refractivity contribution in [1.82, 2.24) is 0 Å².